The number of carboxylic acid groups (broad SMARTS) is 1. The van der Waals surface area contributed by atoms with E-state index in [2.05, 4.69) is 10.3 Å². The highest BCUT2D eigenvalue weighted by molar-refractivity contribution is 7.17. The van der Waals surface area contributed by atoms with Gasteiger partial charge in [-0.1, -0.05) is 29.5 Å². The van der Waals surface area contributed by atoms with Crippen LogP contribution in [-0.4, -0.2) is 21.8 Å². The maximum atomic E-state index is 11.4. The molecule has 0 unspecified atom stereocenters. The summed E-state index contributed by atoms with van der Waals surface area (Å²) < 4.78 is 0. The first-order valence-electron chi connectivity index (χ1n) is 5.98. The largest absolute Gasteiger partial charge is 0.476 e. The van der Waals surface area contributed by atoms with Crippen LogP contribution in [-0.2, 0) is 0 Å². The summed E-state index contributed by atoms with van der Waals surface area (Å²) in [6.45, 7) is 5.24. The van der Waals surface area contributed by atoms with E-state index in [1.165, 1.54) is 6.92 Å². The fourth-order valence-electron chi connectivity index (χ4n) is 1.88. The summed E-state index contributed by atoms with van der Waals surface area (Å²) >= 11 is 1.06. The molecule has 104 valence electrons. The van der Waals surface area contributed by atoms with Crippen LogP contribution in [0.3, 0.4) is 0 Å². The van der Waals surface area contributed by atoms with Crippen LogP contribution in [0.5, 0.6) is 0 Å². The second kappa shape index (κ2) is 5.42. The Morgan fingerprint density at radius 3 is 2.30 bits per heavy atom. The van der Waals surface area contributed by atoms with Gasteiger partial charge in [-0.05, 0) is 25.0 Å². The second-order valence-corrected chi connectivity index (χ2v) is 5.45. The maximum absolute atomic E-state index is 11.4. The number of rotatable bonds is 4. The van der Waals surface area contributed by atoms with Gasteiger partial charge in [-0.2, -0.15) is 0 Å². The number of aromatic carboxylic acids is 1. The van der Waals surface area contributed by atoms with Crippen LogP contribution in [0.1, 0.15) is 38.2 Å². The Kier molecular flexibility index (Phi) is 3.85. The summed E-state index contributed by atoms with van der Waals surface area (Å²) in [6, 6.07) is 5.85. The number of carbonyl (C=O) groups excluding carboxylic acids is 1. The van der Waals surface area contributed by atoms with Gasteiger partial charge in [0.1, 0.15) is 4.88 Å². The molecule has 5 nitrogen and oxygen atoms in total. The lowest BCUT2D eigenvalue weighted by Gasteiger charge is -2.09. The van der Waals surface area contributed by atoms with Gasteiger partial charge in [-0.3, -0.25) is 4.79 Å². The number of anilines is 2. The van der Waals surface area contributed by atoms with Crippen LogP contribution in [0.25, 0.3) is 0 Å². The van der Waals surface area contributed by atoms with Gasteiger partial charge < -0.3 is 10.4 Å². The van der Waals surface area contributed by atoms with Crippen molar-refractivity contribution in [2.45, 2.75) is 20.8 Å². The molecule has 0 saturated heterocycles. The van der Waals surface area contributed by atoms with Crippen LogP contribution in [0.4, 0.5) is 10.8 Å². The Balaban J connectivity index is 2.42. The van der Waals surface area contributed by atoms with Crippen molar-refractivity contribution in [2.75, 3.05) is 5.32 Å². The smallest absolute Gasteiger partial charge is 0.356 e. The minimum absolute atomic E-state index is 0.159. The zero-order chi connectivity index (χ0) is 14.9. The van der Waals surface area contributed by atoms with Crippen LogP contribution in [0.15, 0.2) is 18.2 Å². The third-order valence-corrected chi connectivity index (χ3v) is 3.93. The van der Waals surface area contributed by atoms with Gasteiger partial charge in [0.05, 0.1) is 0 Å². The minimum atomic E-state index is -1.19. The molecule has 0 saturated carbocycles. The van der Waals surface area contributed by atoms with Crippen molar-refractivity contribution in [1.82, 2.24) is 4.98 Å². The van der Waals surface area contributed by atoms with Gasteiger partial charge in [0.25, 0.3) is 0 Å². The SMILES string of the molecule is CC(=O)c1sc(Nc2c(C)cccc2C)nc1C(=O)O. The van der Waals surface area contributed by atoms with Crippen molar-refractivity contribution in [3.8, 4) is 0 Å². The first-order valence-corrected chi connectivity index (χ1v) is 6.80. The van der Waals surface area contributed by atoms with Gasteiger partial charge in [0, 0.05) is 12.6 Å². The van der Waals surface area contributed by atoms with Crippen molar-refractivity contribution in [3.63, 3.8) is 0 Å². The molecule has 0 amide bonds. The van der Waals surface area contributed by atoms with E-state index in [0.717, 1.165) is 28.2 Å². The number of carbonyl (C=O) groups is 2. The number of benzene rings is 1. The molecule has 1 heterocycles. The van der Waals surface area contributed by atoms with Crippen molar-refractivity contribution >= 4 is 33.9 Å². The normalized spacial score (nSPS) is 10.3. The number of hydrogen-bond donors (Lipinski definition) is 2. The first-order chi connectivity index (χ1) is 9.40. The van der Waals surface area contributed by atoms with Crippen molar-refractivity contribution in [2.24, 2.45) is 0 Å². The lowest BCUT2D eigenvalue weighted by Crippen LogP contribution is -2.04. The fraction of sp³-hybridized carbons (Fsp3) is 0.214. The number of aryl methyl sites for hydroxylation is 2. The minimum Gasteiger partial charge on any atom is -0.476 e. The molecule has 0 aliphatic heterocycles. The monoisotopic (exact) mass is 290 g/mol. The summed E-state index contributed by atoms with van der Waals surface area (Å²) in [4.78, 5) is 26.7. The van der Waals surface area contributed by atoms with Gasteiger partial charge in [0.2, 0.25) is 0 Å². The lowest BCUT2D eigenvalue weighted by atomic mass is 10.1. The molecular formula is C14H14N2O3S. The average Bonchev–Trinajstić information content (AvgIpc) is 2.78. The zero-order valence-corrected chi connectivity index (χ0v) is 12.2. The number of Topliss-reactive ketones (excluding diaryl/α,β-unsaturated/α-hetero) is 1. The molecule has 0 spiro atoms. The summed E-state index contributed by atoms with van der Waals surface area (Å²) in [7, 11) is 0. The topological polar surface area (TPSA) is 79.3 Å². The highest BCUT2D eigenvalue weighted by Crippen LogP contribution is 2.29. The number of thiazole rings is 1. The van der Waals surface area contributed by atoms with Crippen molar-refractivity contribution in [3.05, 3.63) is 39.9 Å². The van der Waals surface area contributed by atoms with Crippen LogP contribution >= 0.6 is 11.3 Å². The molecule has 2 rings (SSSR count). The molecule has 0 fully saturated rings. The molecular weight excluding hydrogens is 276 g/mol. The van der Waals surface area contributed by atoms with E-state index < -0.39 is 5.97 Å². The molecule has 0 atom stereocenters. The number of hydrogen-bond acceptors (Lipinski definition) is 5. The Morgan fingerprint density at radius 2 is 1.85 bits per heavy atom. The standard InChI is InChI=1S/C14H14N2O3S/c1-7-5-4-6-8(2)10(7)15-14-16-11(13(18)19)12(20-14)9(3)17/h4-6H,1-3H3,(H,15,16)(H,18,19). The van der Waals surface area contributed by atoms with Gasteiger partial charge in [-0.25, -0.2) is 9.78 Å². The maximum Gasteiger partial charge on any atom is 0.356 e. The number of carboxylic acids is 1. The van der Waals surface area contributed by atoms with Gasteiger partial charge >= 0.3 is 5.97 Å². The highest BCUT2D eigenvalue weighted by atomic mass is 32.1. The van der Waals surface area contributed by atoms with Crippen LogP contribution in [0.2, 0.25) is 0 Å². The summed E-state index contributed by atoms with van der Waals surface area (Å²) in [5.41, 5.74) is 2.74. The third kappa shape index (κ3) is 2.70. The Bertz CT molecular complexity index is 640. The van der Waals surface area contributed by atoms with Gasteiger partial charge in [-0.15, -0.1) is 0 Å². The van der Waals surface area contributed by atoms with Crippen LogP contribution in [0, 0.1) is 13.8 Å². The Morgan fingerprint density at radius 1 is 1.25 bits per heavy atom. The summed E-state index contributed by atoms with van der Waals surface area (Å²) in [6.07, 6.45) is 0. The van der Waals surface area contributed by atoms with E-state index in [0.29, 0.717) is 5.13 Å². The van der Waals surface area contributed by atoms with E-state index in [-0.39, 0.29) is 16.4 Å². The molecule has 0 bridgehead atoms. The van der Waals surface area contributed by atoms with E-state index in [9.17, 15) is 9.59 Å². The van der Waals surface area contributed by atoms with Gasteiger partial charge in [0.15, 0.2) is 16.6 Å². The van der Waals surface area contributed by atoms with Crippen molar-refractivity contribution < 1.29 is 14.7 Å². The number of ketones is 1. The molecule has 0 radical (unpaired) electrons. The van der Waals surface area contributed by atoms with Crippen molar-refractivity contribution in [1.29, 1.82) is 0 Å². The molecule has 1 aromatic heterocycles. The molecule has 2 aromatic rings. The molecule has 20 heavy (non-hydrogen) atoms. The number of nitrogens with one attached hydrogen (secondary N) is 1. The van der Waals surface area contributed by atoms with E-state index in [4.69, 9.17) is 5.11 Å². The van der Waals surface area contributed by atoms with E-state index in [1.54, 1.807) is 0 Å². The predicted molar refractivity (Wildman–Crippen MR) is 78.3 cm³/mol. The van der Waals surface area contributed by atoms with E-state index in [1.807, 2.05) is 32.0 Å². The number of aromatic nitrogens is 1. The molecule has 1 aromatic carbocycles. The lowest BCUT2D eigenvalue weighted by molar-refractivity contribution is 0.0687. The summed E-state index contributed by atoms with van der Waals surface area (Å²) in [5, 5.41) is 12.6. The number of para-hydroxylation sites is 1. The quantitative estimate of drug-likeness (QED) is 0.844. The average molecular weight is 290 g/mol. The summed E-state index contributed by atoms with van der Waals surface area (Å²) in [5.74, 6) is -1.49. The second-order valence-electron chi connectivity index (χ2n) is 4.45. The molecule has 0 aliphatic carbocycles. The molecule has 6 heteroatoms. The van der Waals surface area contributed by atoms with Crippen LogP contribution < -0.4 is 5.32 Å². The predicted octanol–water partition coefficient (Wildman–Crippen LogP) is 3.40. The van der Waals surface area contributed by atoms with E-state index >= 15 is 0 Å². The number of nitrogens with zero attached hydrogens (tertiary/aromatic N) is 1. The fourth-order valence-corrected chi connectivity index (χ4v) is 2.73. The Labute approximate surface area is 120 Å². The molecule has 2 N–H and O–H groups in total. The first kappa shape index (κ1) is 14.2. The third-order valence-electron chi connectivity index (χ3n) is 2.86. The zero-order valence-electron chi connectivity index (χ0n) is 11.4. The molecule has 0 aliphatic rings. The highest BCUT2D eigenvalue weighted by Gasteiger charge is 2.21. The Hall–Kier alpha value is -2.21.